The Morgan fingerprint density at radius 2 is 2.40 bits per heavy atom. The summed E-state index contributed by atoms with van der Waals surface area (Å²) in [5, 5.41) is 0. The van der Waals surface area contributed by atoms with E-state index in [1.165, 1.54) is 0 Å². The van der Waals surface area contributed by atoms with Gasteiger partial charge in [0.15, 0.2) is 0 Å². The highest BCUT2D eigenvalue weighted by Crippen LogP contribution is 2.30. The first-order valence-electron chi connectivity index (χ1n) is 3.53. The smallest absolute Gasteiger partial charge is 0.298 e. The van der Waals surface area contributed by atoms with Gasteiger partial charge < -0.3 is 0 Å². The molecule has 0 aliphatic carbocycles. The predicted octanol–water partition coefficient (Wildman–Crippen LogP) is 1.28. The van der Waals surface area contributed by atoms with Crippen LogP contribution in [-0.4, -0.2) is 12.6 Å². The van der Waals surface area contributed by atoms with E-state index >= 15 is 0 Å². The van der Waals surface area contributed by atoms with Crippen molar-refractivity contribution in [2.45, 2.75) is 26.7 Å². The summed E-state index contributed by atoms with van der Waals surface area (Å²) in [7, 11) is 0. The lowest BCUT2D eigenvalue weighted by Gasteiger charge is -2.28. The Kier molecular flexibility index (Phi) is 1.94. The van der Waals surface area contributed by atoms with Crippen molar-refractivity contribution >= 4 is 5.97 Å². The maximum absolute atomic E-state index is 11.0. The van der Waals surface area contributed by atoms with Crippen molar-refractivity contribution in [1.82, 2.24) is 0 Å². The van der Waals surface area contributed by atoms with Crippen molar-refractivity contribution in [3.63, 3.8) is 0 Å². The lowest BCUT2D eigenvalue weighted by molar-refractivity contribution is -0.301. The zero-order chi connectivity index (χ0) is 7.61. The standard InChI is InChI=1S/C7H12O3/c1-3-7(2)4-5-9-10-6(7)8/h3-5H2,1-2H3. The van der Waals surface area contributed by atoms with Crippen molar-refractivity contribution in [3.8, 4) is 0 Å². The van der Waals surface area contributed by atoms with Crippen LogP contribution in [-0.2, 0) is 14.6 Å². The normalized spacial score (nSPS) is 33.6. The highest BCUT2D eigenvalue weighted by molar-refractivity contribution is 5.76. The van der Waals surface area contributed by atoms with E-state index in [2.05, 4.69) is 9.78 Å². The van der Waals surface area contributed by atoms with E-state index in [9.17, 15) is 4.79 Å². The molecule has 0 spiro atoms. The van der Waals surface area contributed by atoms with Crippen molar-refractivity contribution in [2.24, 2.45) is 5.41 Å². The average molecular weight is 144 g/mol. The Balaban J connectivity index is 2.63. The Morgan fingerprint density at radius 1 is 1.70 bits per heavy atom. The van der Waals surface area contributed by atoms with Crippen LogP contribution in [0.4, 0.5) is 0 Å². The second kappa shape index (κ2) is 2.58. The first-order chi connectivity index (χ1) is 4.69. The Morgan fingerprint density at radius 3 is 2.80 bits per heavy atom. The SMILES string of the molecule is CCC1(C)CCOOC1=O. The van der Waals surface area contributed by atoms with Crippen LogP contribution in [0.1, 0.15) is 26.7 Å². The van der Waals surface area contributed by atoms with E-state index in [1.54, 1.807) is 0 Å². The van der Waals surface area contributed by atoms with Crippen LogP contribution in [0, 0.1) is 5.41 Å². The van der Waals surface area contributed by atoms with Gasteiger partial charge in [-0.2, -0.15) is 4.89 Å². The molecule has 0 radical (unpaired) electrons. The predicted molar refractivity (Wildman–Crippen MR) is 35.1 cm³/mol. The Labute approximate surface area is 60.2 Å². The summed E-state index contributed by atoms with van der Waals surface area (Å²) in [4.78, 5) is 20.0. The fourth-order valence-corrected chi connectivity index (χ4v) is 0.886. The molecule has 0 aromatic heterocycles. The van der Waals surface area contributed by atoms with E-state index < -0.39 is 0 Å². The number of carbonyl (C=O) groups excluding carboxylic acids is 1. The molecule has 0 bridgehead atoms. The Bertz CT molecular complexity index is 144. The Hall–Kier alpha value is -0.570. The molecule has 58 valence electrons. The topological polar surface area (TPSA) is 35.5 Å². The van der Waals surface area contributed by atoms with Crippen LogP contribution in [0.3, 0.4) is 0 Å². The van der Waals surface area contributed by atoms with E-state index in [-0.39, 0.29) is 11.4 Å². The number of hydrogen-bond donors (Lipinski definition) is 0. The van der Waals surface area contributed by atoms with Crippen LogP contribution in [0.15, 0.2) is 0 Å². The van der Waals surface area contributed by atoms with E-state index in [4.69, 9.17) is 0 Å². The molecule has 1 fully saturated rings. The van der Waals surface area contributed by atoms with E-state index in [0.717, 1.165) is 12.8 Å². The van der Waals surface area contributed by atoms with Gasteiger partial charge in [0, 0.05) is 0 Å². The second-order valence-corrected chi connectivity index (χ2v) is 2.86. The first-order valence-corrected chi connectivity index (χ1v) is 3.53. The van der Waals surface area contributed by atoms with Gasteiger partial charge in [-0.05, 0) is 19.8 Å². The summed E-state index contributed by atoms with van der Waals surface area (Å²) in [5.41, 5.74) is -0.307. The molecule has 0 aromatic carbocycles. The maximum Gasteiger partial charge on any atom is 0.348 e. The van der Waals surface area contributed by atoms with Gasteiger partial charge >= 0.3 is 5.97 Å². The van der Waals surface area contributed by atoms with Crippen LogP contribution in [0.2, 0.25) is 0 Å². The molecule has 1 rings (SSSR count). The van der Waals surface area contributed by atoms with Crippen LogP contribution >= 0.6 is 0 Å². The van der Waals surface area contributed by atoms with Crippen molar-refractivity contribution in [1.29, 1.82) is 0 Å². The fraction of sp³-hybridized carbons (Fsp3) is 0.857. The summed E-state index contributed by atoms with van der Waals surface area (Å²) in [6.45, 7) is 4.40. The van der Waals surface area contributed by atoms with Gasteiger partial charge in [0.25, 0.3) is 0 Å². The van der Waals surface area contributed by atoms with Crippen LogP contribution in [0.25, 0.3) is 0 Å². The molecule has 1 aliphatic rings. The lowest BCUT2D eigenvalue weighted by Crippen LogP contribution is -2.35. The average Bonchev–Trinajstić information content (AvgIpc) is 1.96. The highest BCUT2D eigenvalue weighted by atomic mass is 17.2. The van der Waals surface area contributed by atoms with Crippen molar-refractivity contribution in [3.05, 3.63) is 0 Å². The van der Waals surface area contributed by atoms with E-state index in [1.807, 2.05) is 13.8 Å². The molecule has 3 heteroatoms. The molecule has 0 aromatic rings. The second-order valence-electron chi connectivity index (χ2n) is 2.86. The van der Waals surface area contributed by atoms with Gasteiger partial charge in [-0.1, -0.05) is 6.92 Å². The molecule has 0 amide bonds. The molecular formula is C7H12O3. The molecule has 3 nitrogen and oxygen atoms in total. The summed E-state index contributed by atoms with van der Waals surface area (Å²) < 4.78 is 0. The van der Waals surface area contributed by atoms with Gasteiger partial charge in [-0.25, -0.2) is 4.79 Å². The summed E-state index contributed by atoms with van der Waals surface area (Å²) in [6, 6.07) is 0. The maximum atomic E-state index is 11.0. The summed E-state index contributed by atoms with van der Waals surface area (Å²) >= 11 is 0. The summed E-state index contributed by atoms with van der Waals surface area (Å²) in [5.74, 6) is -0.235. The van der Waals surface area contributed by atoms with Crippen LogP contribution < -0.4 is 0 Å². The van der Waals surface area contributed by atoms with Crippen LogP contribution in [0.5, 0.6) is 0 Å². The quantitative estimate of drug-likeness (QED) is 0.520. The van der Waals surface area contributed by atoms with Gasteiger partial charge in [0.05, 0.1) is 12.0 Å². The van der Waals surface area contributed by atoms with Crippen molar-refractivity contribution < 1.29 is 14.6 Å². The first kappa shape index (κ1) is 7.54. The van der Waals surface area contributed by atoms with Gasteiger partial charge in [0.1, 0.15) is 0 Å². The minimum Gasteiger partial charge on any atom is -0.298 e. The van der Waals surface area contributed by atoms with Gasteiger partial charge in [-0.15, -0.1) is 0 Å². The third kappa shape index (κ3) is 1.14. The van der Waals surface area contributed by atoms with Gasteiger partial charge in [-0.3, -0.25) is 4.89 Å². The number of carbonyl (C=O) groups is 1. The third-order valence-electron chi connectivity index (χ3n) is 2.14. The largest absolute Gasteiger partial charge is 0.348 e. The minimum absolute atomic E-state index is 0.235. The zero-order valence-corrected chi connectivity index (χ0v) is 6.35. The van der Waals surface area contributed by atoms with E-state index in [0.29, 0.717) is 6.61 Å². The summed E-state index contributed by atoms with van der Waals surface area (Å²) in [6.07, 6.45) is 1.58. The van der Waals surface area contributed by atoms with Gasteiger partial charge in [0.2, 0.25) is 0 Å². The third-order valence-corrected chi connectivity index (χ3v) is 2.14. The molecule has 0 N–H and O–H groups in total. The number of hydrogen-bond acceptors (Lipinski definition) is 3. The molecule has 1 heterocycles. The zero-order valence-electron chi connectivity index (χ0n) is 6.35. The molecule has 1 atom stereocenters. The fourth-order valence-electron chi connectivity index (χ4n) is 0.886. The highest BCUT2D eigenvalue weighted by Gasteiger charge is 2.36. The molecule has 1 unspecified atom stereocenters. The minimum atomic E-state index is -0.307. The molecule has 1 aliphatic heterocycles. The molecular weight excluding hydrogens is 132 g/mol. The molecule has 0 saturated carbocycles. The molecule has 10 heavy (non-hydrogen) atoms. The number of rotatable bonds is 1. The lowest BCUT2D eigenvalue weighted by atomic mass is 9.84. The monoisotopic (exact) mass is 144 g/mol. The van der Waals surface area contributed by atoms with Crippen molar-refractivity contribution in [2.75, 3.05) is 6.61 Å². The molecule has 1 saturated heterocycles.